The van der Waals surface area contributed by atoms with Gasteiger partial charge in [0, 0.05) is 13.1 Å². The third-order valence-corrected chi connectivity index (χ3v) is 7.24. The van der Waals surface area contributed by atoms with E-state index in [1.54, 1.807) is 38.1 Å². The fraction of sp³-hybridized carbons (Fsp3) is 0.579. The van der Waals surface area contributed by atoms with Crippen LogP contribution in [0.4, 0.5) is 0 Å². The lowest BCUT2D eigenvalue weighted by atomic mass is 9.86. The largest absolute Gasteiger partial charge is 0.348 e. The van der Waals surface area contributed by atoms with E-state index in [2.05, 4.69) is 11.4 Å². The van der Waals surface area contributed by atoms with Crippen molar-refractivity contribution >= 4 is 15.9 Å². The summed E-state index contributed by atoms with van der Waals surface area (Å²) in [7, 11) is -3.49. The highest BCUT2D eigenvalue weighted by Gasteiger charge is 2.41. The van der Waals surface area contributed by atoms with E-state index in [1.165, 1.54) is 4.31 Å². The molecule has 1 aliphatic rings. The van der Waals surface area contributed by atoms with E-state index >= 15 is 0 Å². The molecule has 0 aliphatic heterocycles. The number of hydrogen-bond acceptors (Lipinski definition) is 4. The maximum Gasteiger partial charge on any atom is 0.243 e. The fourth-order valence-corrected chi connectivity index (χ4v) is 4.89. The van der Waals surface area contributed by atoms with Crippen molar-refractivity contribution in [2.45, 2.75) is 57.4 Å². The van der Waals surface area contributed by atoms with Gasteiger partial charge in [-0.2, -0.15) is 9.57 Å². The van der Waals surface area contributed by atoms with Crippen LogP contribution >= 0.6 is 0 Å². The summed E-state index contributed by atoms with van der Waals surface area (Å²) in [5.74, 6) is -0.232. The van der Waals surface area contributed by atoms with E-state index in [1.807, 2.05) is 6.92 Å². The molecule has 6 nitrogen and oxygen atoms in total. The molecule has 142 valence electrons. The Balaban J connectivity index is 2.13. The topological polar surface area (TPSA) is 90.3 Å². The van der Waals surface area contributed by atoms with Crippen molar-refractivity contribution in [3.8, 4) is 6.07 Å². The van der Waals surface area contributed by atoms with Gasteiger partial charge < -0.3 is 5.32 Å². The number of hydrogen-bond donors (Lipinski definition) is 1. The van der Waals surface area contributed by atoms with Gasteiger partial charge in [0.15, 0.2) is 0 Å². The molecule has 1 amide bonds. The number of nitrogens with zero attached hydrogens (tertiary/aromatic N) is 2. The molecule has 1 N–H and O–H groups in total. The van der Waals surface area contributed by atoms with Crippen LogP contribution in [0, 0.1) is 16.7 Å². The maximum absolute atomic E-state index is 12.5. The monoisotopic (exact) mass is 377 g/mol. The first-order valence-electron chi connectivity index (χ1n) is 9.13. The SMILES string of the molecule is CCN(CC)S(=O)(=O)c1ccc(C(C)NC(=O)C2(C#N)CCCC2)cc1. The molecule has 1 atom stereocenters. The van der Waals surface area contributed by atoms with Gasteiger partial charge in [-0.1, -0.05) is 38.8 Å². The number of carbonyl (C=O) groups excluding carboxylic acids is 1. The normalized spacial score (nSPS) is 17.7. The lowest BCUT2D eigenvalue weighted by molar-refractivity contribution is -0.128. The molecule has 1 aromatic rings. The number of benzene rings is 1. The number of rotatable bonds is 7. The molecule has 26 heavy (non-hydrogen) atoms. The molecule has 1 unspecified atom stereocenters. The highest BCUT2D eigenvalue weighted by Crippen LogP contribution is 2.38. The van der Waals surface area contributed by atoms with Crippen LogP contribution in [0.25, 0.3) is 0 Å². The molecule has 2 rings (SSSR count). The average molecular weight is 378 g/mol. The van der Waals surface area contributed by atoms with Crippen LogP contribution in [0.3, 0.4) is 0 Å². The van der Waals surface area contributed by atoms with Crippen LogP contribution in [-0.4, -0.2) is 31.7 Å². The third kappa shape index (κ3) is 3.92. The second-order valence-electron chi connectivity index (χ2n) is 6.75. The Hall–Kier alpha value is -1.91. The van der Waals surface area contributed by atoms with Gasteiger partial charge >= 0.3 is 0 Å². The first-order chi connectivity index (χ1) is 12.3. The summed E-state index contributed by atoms with van der Waals surface area (Å²) in [5.41, 5.74) is -0.108. The van der Waals surface area contributed by atoms with Gasteiger partial charge in [-0.3, -0.25) is 4.79 Å². The van der Waals surface area contributed by atoms with Crippen LogP contribution in [0.1, 0.15) is 58.1 Å². The van der Waals surface area contributed by atoms with Gasteiger partial charge in [0.25, 0.3) is 0 Å². The highest BCUT2D eigenvalue weighted by molar-refractivity contribution is 7.89. The van der Waals surface area contributed by atoms with Crippen molar-refractivity contribution in [1.82, 2.24) is 9.62 Å². The summed E-state index contributed by atoms with van der Waals surface area (Å²) < 4.78 is 26.5. The highest BCUT2D eigenvalue weighted by atomic mass is 32.2. The van der Waals surface area contributed by atoms with Gasteiger partial charge in [-0.05, 0) is 37.5 Å². The van der Waals surface area contributed by atoms with E-state index < -0.39 is 15.4 Å². The molecular formula is C19H27N3O3S. The molecule has 0 saturated heterocycles. The van der Waals surface area contributed by atoms with E-state index in [9.17, 15) is 18.5 Å². The molecule has 0 bridgehead atoms. The van der Waals surface area contributed by atoms with Gasteiger partial charge in [-0.15, -0.1) is 0 Å². The first kappa shape index (κ1) is 20.4. The molecule has 0 heterocycles. The minimum absolute atomic E-state index is 0.232. The standard InChI is InChI=1S/C19H27N3O3S/c1-4-22(5-2)26(24,25)17-10-8-16(9-11-17)15(3)21-18(23)19(14-20)12-6-7-13-19/h8-11,15H,4-7,12-13H2,1-3H3,(H,21,23). The minimum Gasteiger partial charge on any atom is -0.348 e. The van der Waals surface area contributed by atoms with Crippen molar-refractivity contribution in [3.63, 3.8) is 0 Å². The Morgan fingerprint density at radius 3 is 2.23 bits per heavy atom. The Morgan fingerprint density at radius 2 is 1.77 bits per heavy atom. The van der Waals surface area contributed by atoms with Crippen LogP contribution in [0.15, 0.2) is 29.2 Å². The Bertz CT molecular complexity index is 771. The van der Waals surface area contributed by atoms with Crippen molar-refractivity contribution in [1.29, 1.82) is 5.26 Å². The van der Waals surface area contributed by atoms with Crippen LogP contribution in [0.2, 0.25) is 0 Å². The van der Waals surface area contributed by atoms with Crippen LogP contribution < -0.4 is 5.32 Å². The molecule has 0 radical (unpaired) electrons. The maximum atomic E-state index is 12.5. The lowest BCUT2D eigenvalue weighted by Crippen LogP contribution is -2.39. The smallest absolute Gasteiger partial charge is 0.243 e. The van der Waals surface area contributed by atoms with E-state index in [0.29, 0.717) is 25.9 Å². The Kier molecular flexibility index (Phi) is 6.43. The average Bonchev–Trinajstić information content (AvgIpc) is 3.13. The van der Waals surface area contributed by atoms with Crippen molar-refractivity contribution in [2.75, 3.05) is 13.1 Å². The summed E-state index contributed by atoms with van der Waals surface area (Å²) in [5, 5.41) is 12.3. The van der Waals surface area contributed by atoms with E-state index in [0.717, 1.165) is 18.4 Å². The number of carbonyl (C=O) groups is 1. The quantitative estimate of drug-likeness (QED) is 0.791. The number of nitriles is 1. The molecule has 1 aliphatic carbocycles. The predicted molar refractivity (Wildman–Crippen MR) is 99.6 cm³/mol. The number of sulfonamides is 1. The summed E-state index contributed by atoms with van der Waals surface area (Å²) >= 11 is 0. The Labute approximate surface area is 156 Å². The zero-order valence-corrected chi connectivity index (χ0v) is 16.5. The van der Waals surface area contributed by atoms with Gasteiger partial charge in [0.2, 0.25) is 15.9 Å². The summed E-state index contributed by atoms with van der Waals surface area (Å²) in [6, 6.07) is 8.47. The lowest BCUT2D eigenvalue weighted by Gasteiger charge is -2.23. The van der Waals surface area contributed by atoms with E-state index in [4.69, 9.17) is 0 Å². The molecule has 1 fully saturated rings. The second-order valence-corrected chi connectivity index (χ2v) is 8.69. The zero-order valence-electron chi connectivity index (χ0n) is 15.7. The molecule has 0 aromatic heterocycles. The van der Waals surface area contributed by atoms with Crippen LogP contribution in [-0.2, 0) is 14.8 Å². The van der Waals surface area contributed by atoms with Gasteiger partial charge in [-0.25, -0.2) is 8.42 Å². The summed E-state index contributed by atoms with van der Waals surface area (Å²) in [6.45, 7) is 6.29. The molecule has 0 spiro atoms. The van der Waals surface area contributed by atoms with Crippen molar-refractivity contribution in [3.05, 3.63) is 29.8 Å². The van der Waals surface area contributed by atoms with Crippen molar-refractivity contribution < 1.29 is 13.2 Å². The van der Waals surface area contributed by atoms with E-state index in [-0.39, 0.29) is 16.8 Å². The molecule has 7 heteroatoms. The predicted octanol–water partition coefficient (Wildman–Crippen LogP) is 2.98. The van der Waals surface area contributed by atoms with Gasteiger partial charge in [0.05, 0.1) is 17.0 Å². The van der Waals surface area contributed by atoms with Gasteiger partial charge in [0.1, 0.15) is 5.41 Å². The second kappa shape index (κ2) is 8.19. The molecule has 1 saturated carbocycles. The zero-order chi connectivity index (χ0) is 19.4. The fourth-order valence-electron chi connectivity index (χ4n) is 3.43. The third-order valence-electron chi connectivity index (χ3n) is 5.18. The molecule has 1 aromatic carbocycles. The number of nitrogens with one attached hydrogen (secondary N) is 1. The minimum atomic E-state index is -3.49. The van der Waals surface area contributed by atoms with Crippen molar-refractivity contribution in [2.24, 2.45) is 5.41 Å². The molecular weight excluding hydrogens is 350 g/mol. The Morgan fingerprint density at radius 1 is 1.23 bits per heavy atom. The summed E-state index contributed by atoms with van der Waals surface area (Å²) in [6.07, 6.45) is 2.99. The first-order valence-corrected chi connectivity index (χ1v) is 10.6. The van der Waals surface area contributed by atoms with Crippen LogP contribution in [0.5, 0.6) is 0 Å². The summed E-state index contributed by atoms with van der Waals surface area (Å²) in [4.78, 5) is 12.8. The number of amides is 1.